The number of aromatic nitrogens is 1. The second-order valence-electron chi connectivity index (χ2n) is 3.09. The smallest absolute Gasteiger partial charge is 0.423 e. The Balaban J connectivity index is 2.74. The number of rotatable bonds is 4. The molecular formula is C7H11BN2O4S. The van der Waals surface area contributed by atoms with E-state index in [1.165, 1.54) is 18.5 Å². The molecule has 0 aliphatic rings. The van der Waals surface area contributed by atoms with Crippen molar-refractivity contribution in [3.05, 3.63) is 24.0 Å². The van der Waals surface area contributed by atoms with Crippen molar-refractivity contribution < 1.29 is 18.5 Å². The first kappa shape index (κ1) is 12.1. The lowest BCUT2D eigenvalue weighted by Crippen LogP contribution is -2.31. The third-order valence-corrected chi connectivity index (χ3v) is 2.32. The van der Waals surface area contributed by atoms with E-state index in [0.717, 1.165) is 6.26 Å². The highest BCUT2D eigenvalue weighted by atomic mass is 32.2. The van der Waals surface area contributed by atoms with E-state index in [9.17, 15) is 8.42 Å². The van der Waals surface area contributed by atoms with Crippen molar-refractivity contribution in [2.24, 2.45) is 0 Å². The van der Waals surface area contributed by atoms with Crippen LogP contribution >= 0.6 is 0 Å². The van der Waals surface area contributed by atoms with Gasteiger partial charge in [0.1, 0.15) is 0 Å². The fourth-order valence-corrected chi connectivity index (χ4v) is 1.39. The first-order chi connectivity index (χ1) is 6.88. The van der Waals surface area contributed by atoms with Gasteiger partial charge in [0.25, 0.3) is 0 Å². The van der Waals surface area contributed by atoms with Gasteiger partial charge >= 0.3 is 7.12 Å². The van der Waals surface area contributed by atoms with Gasteiger partial charge in [-0.25, -0.2) is 13.1 Å². The minimum atomic E-state index is -3.26. The van der Waals surface area contributed by atoms with Crippen LogP contribution in [0.3, 0.4) is 0 Å². The summed E-state index contributed by atoms with van der Waals surface area (Å²) in [6, 6.07) is 1.47. The molecular weight excluding hydrogens is 219 g/mol. The van der Waals surface area contributed by atoms with Gasteiger partial charge in [0.15, 0.2) is 0 Å². The topological polar surface area (TPSA) is 99.5 Å². The zero-order valence-electron chi connectivity index (χ0n) is 8.08. The average Bonchev–Trinajstić information content (AvgIpc) is 2.14. The van der Waals surface area contributed by atoms with E-state index < -0.39 is 17.1 Å². The maximum absolute atomic E-state index is 10.8. The van der Waals surface area contributed by atoms with Crippen molar-refractivity contribution >= 4 is 22.6 Å². The molecule has 1 rings (SSSR count). The predicted molar refractivity (Wildman–Crippen MR) is 55.7 cm³/mol. The summed E-state index contributed by atoms with van der Waals surface area (Å²) in [5.41, 5.74) is 0.786. The molecule has 1 aromatic heterocycles. The van der Waals surface area contributed by atoms with Crippen LogP contribution < -0.4 is 10.2 Å². The molecule has 0 aromatic carbocycles. The summed E-state index contributed by atoms with van der Waals surface area (Å²) in [6.45, 7) is 0.0758. The van der Waals surface area contributed by atoms with Gasteiger partial charge < -0.3 is 10.0 Å². The third kappa shape index (κ3) is 4.39. The second kappa shape index (κ2) is 4.71. The highest BCUT2D eigenvalue weighted by Gasteiger charge is 2.11. The predicted octanol–water partition coefficient (Wildman–Crippen LogP) is -2.19. The normalized spacial score (nSPS) is 11.4. The number of hydrogen-bond acceptors (Lipinski definition) is 5. The number of pyridine rings is 1. The van der Waals surface area contributed by atoms with E-state index in [0.29, 0.717) is 5.56 Å². The zero-order chi connectivity index (χ0) is 11.5. The summed E-state index contributed by atoms with van der Waals surface area (Å²) in [4.78, 5) is 3.75. The molecule has 0 spiro atoms. The maximum Gasteiger partial charge on any atom is 0.490 e. The highest BCUT2D eigenvalue weighted by Crippen LogP contribution is 1.94. The van der Waals surface area contributed by atoms with Crippen molar-refractivity contribution in [2.75, 3.05) is 6.26 Å². The van der Waals surface area contributed by atoms with Gasteiger partial charge in [-0.3, -0.25) is 4.98 Å². The molecule has 0 saturated heterocycles. The summed E-state index contributed by atoms with van der Waals surface area (Å²) in [6.07, 6.45) is 3.80. The molecule has 0 fully saturated rings. The van der Waals surface area contributed by atoms with Crippen LogP contribution in [0.2, 0.25) is 0 Å². The van der Waals surface area contributed by atoms with Gasteiger partial charge in [-0.05, 0) is 5.56 Å². The quantitative estimate of drug-likeness (QED) is 0.510. The Morgan fingerprint density at radius 2 is 2.13 bits per heavy atom. The summed E-state index contributed by atoms with van der Waals surface area (Å²) >= 11 is 0. The van der Waals surface area contributed by atoms with Crippen LogP contribution in [0.5, 0.6) is 0 Å². The molecule has 8 heteroatoms. The lowest BCUT2D eigenvalue weighted by atomic mass is 9.81. The summed E-state index contributed by atoms with van der Waals surface area (Å²) in [5.74, 6) is 0. The SMILES string of the molecule is CS(=O)(=O)NCc1cncc(B(O)O)c1. The Bertz CT molecular complexity index is 434. The highest BCUT2D eigenvalue weighted by molar-refractivity contribution is 7.88. The number of sulfonamides is 1. The molecule has 0 amide bonds. The van der Waals surface area contributed by atoms with Gasteiger partial charge in [-0.2, -0.15) is 0 Å². The molecule has 6 nitrogen and oxygen atoms in total. The first-order valence-corrected chi connectivity index (χ1v) is 6.02. The molecule has 1 aromatic rings. The van der Waals surface area contributed by atoms with E-state index in [4.69, 9.17) is 10.0 Å². The molecule has 15 heavy (non-hydrogen) atoms. The van der Waals surface area contributed by atoms with Gasteiger partial charge in [0, 0.05) is 24.4 Å². The molecule has 1 heterocycles. The Labute approximate surface area is 88.2 Å². The summed E-state index contributed by atoms with van der Waals surface area (Å²) < 4.78 is 23.9. The van der Waals surface area contributed by atoms with E-state index in [1.54, 1.807) is 0 Å². The van der Waals surface area contributed by atoms with Crippen molar-refractivity contribution in [3.8, 4) is 0 Å². The molecule has 3 N–H and O–H groups in total. The zero-order valence-corrected chi connectivity index (χ0v) is 8.90. The van der Waals surface area contributed by atoms with Gasteiger partial charge in [0.05, 0.1) is 6.26 Å². The molecule has 0 saturated carbocycles. The summed E-state index contributed by atoms with van der Waals surface area (Å²) in [5, 5.41) is 17.7. The van der Waals surface area contributed by atoms with Crippen LogP contribution in [-0.2, 0) is 16.6 Å². The monoisotopic (exact) mass is 230 g/mol. The fraction of sp³-hybridized carbons (Fsp3) is 0.286. The van der Waals surface area contributed by atoms with Crippen molar-refractivity contribution in [2.45, 2.75) is 6.54 Å². The second-order valence-corrected chi connectivity index (χ2v) is 4.93. The van der Waals surface area contributed by atoms with Crippen LogP contribution in [0.4, 0.5) is 0 Å². The fourth-order valence-electron chi connectivity index (χ4n) is 0.960. The Kier molecular flexibility index (Phi) is 3.80. The summed E-state index contributed by atoms with van der Waals surface area (Å²) in [7, 11) is -4.86. The standard InChI is InChI=1S/C7H11BN2O4S/c1-15(13,14)10-4-6-2-7(8(11)12)5-9-3-6/h2-3,5,10-12H,4H2,1H3. The first-order valence-electron chi connectivity index (χ1n) is 4.13. The number of hydrogen-bond donors (Lipinski definition) is 3. The van der Waals surface area contributed by atoms with Gasteiger partial charge in [0.2, 0.25) is 10.0 Å². The van der Waals surface area contributed by atoms with Crippen LogP contribution in [0.15, 0.2) is 18.5 Å². The molecule has 0 unspecified atom stereocenters. The van der Waals surface area contributed by atoms with Crippen LogP contribution in [0, 0.1) is 0 Å². The van der Waals surface area contributed by atoms with Crippen LogP contribution in [0.1, 0.15) is 5.56 Å². The Morgan fingerprint density at radius 1 is 1.47 bits per heavy atom. The van der Waals surface area contributed by atoms with Gasteiger partial charge in [-0.1, -0.05) is 6.07 Å². The minimum Gasteiger partial charge on any atom is -0.423 e. The number of nitrogens with zero attached hydrogens (tertiary/aromatic N) is 1. The molecule has 0 aliphatic carbocycles. The largest absolute Gasteiger partial charge is 0.490 e. The molecule has 0 atom stereocenters. The average molecular weight is 230 g/mol. The third-order valence-electron chi connectivity index (χ3n) is 1.65. The Hall–Kier alpha value is -0.955. The lowest BCUT2D eigenvalue weighted by Gasteiger charge is -2.04. The Morgan fingerprint density at radius 3 is 2.67 bits per heavy atom. The van der Waals surface area contributed by atoms with Crippen molar-refractivity contribution in [3.63, 3.8) is 0 Å². The molecule has 0 aliphatic heterocycles. The molecule has 0 radical (unpaired) electrons. The number of nitrogens with one attached hydrogen (secondary N) is 1. The molecule has 82 valence electrons. The van der Waals surface area contributed by atoms with E-state index >= 15 is 0 Å². The minimum absolute atomic E-state index is 0.0758. The molecule has 0 bridgehead atoms. The van der Waals surface area contributed by atoms with E-state index in [1.807, 2.05) is 0 Å². The van der Waals surface area contributed by atoms with E-state index in [2.05, 4.69) is 9.71 Å². The van der Waals surface area contributed by atoms with Crippen molar-refractivity contribution in [1.29, 1.82) is 0 Å². The van der Waals surface area contributed by atoms with Gasteiger partial charge in [-0.15, -0.1) is 0 Å². The van der Waals surface area contributed by atoms with Crippen LogP contribution in [0.25, 0.3) is 0 Å². The van der Waals surface area contributed by atoms with E-state index in [-0.39, 0.29) is 12.0 Å². The lowest BCUT2D eigenvalue weighted by molar-refractivity contribution is 0.425. The van der Waals surface area contributed by atoms with Crippen LogP contribution in [-0.4, -0.2) is 36.8 Å². The van der Waals surface area contributed by atoms with Crippen molar-refractivity contribution in [1.82, 2.24) is 9.71 Å². The maximum atomic E-state index is 10.8.